The molecule has 4 N–H and O–H groups in total. The average Bonchev–Trinajstić information content (AvgIpc) is 3.41. The number of nitrogens with zero attached hydrogens (tertiary/aromatic N) is 2. The van der Waals surface area contributed by atoms with E-state index in [2.05, 4.69) is 15.2 Å². The molecule has 0 unspecified atom stereocenters. The Labute approximate surface area is 283 Å². The maximum Gasteiger partial charge on any atom is 0.326 e. The fraction of sp³-hybridized carbons (Fsp3) is 0.389. The molecule has 6 rings (SSSR count). The minimum absolute atomic E-state index is 0.0123. The molecule has 12 heteroatoms. The Morgan fingerprint density at radius 3 is 2.48 bits per heavy atom. The lowest BCUT2D eigenvalue weighted by Crippen LogP contribution is -2.49. The molecule has 0 atom stereocenters. The Hall–Kier alpha value is -4.26. The number of likely N-dealkylation sites (tertiary alicyclic amines) is 1. The second-order valence-corrected chi connectivity index (χ2v) is 13.7. The van der Waals surface area contributed by atoms with Crippen molar-refractivity contribution in [3.8, 4) is 11.5 Å². The first-order valence-electron chi connectivity index (χ1n) is 16.4. The van der Waals surface area contributed by atoms with Gasteiger partial charge in [-0.25, -0.2) is 9.18 Å². The number of hydrogen-bond acceptors (Lipinski definition) is 8. The molecule has 1 aromatic heterocycles. The maximum atomic E-state index is 15.7. The quantitative estimate of drug-likeness (QED) is 0.120. The van der Waals surface area contributed by atoms with Gasteiger partial charge in [0.15, 0.2) is 0 Å². The summed E-state index contributed by atoms with van der Waals surface area (Å²) in [6, 6.07) is 17.2. The number of aromatic nitrogens is 2. The second kappa shape index (κ2) is 14.9. The number of amides is 1. The number of fused-ring (bicyclic) bond motifs is 1. The van der Waals surface area contributed by atoms with Gasteiger partial charge >= 0.3 is 5.69 Å². The first-order chi connectivity index (χ1) is 23.2. The van der Waals surface area contributed by atoms with Crippen LogP contribution >= 0.6 is 11.8 Å². The number of hydrogen-bond donors (Lipinski definition) is 4. The van der Waals surface area contributed by atoms with Crippen LogP contribution in [0.25, 0.3) is 11.0 Å². The Morgan fingerprint density at radius 2 is 1.77 bits per heavy atom. The van der Waals surface area contributed by atoms with Gasteiger partial charge in [0.25, 0.3) is 5.91 Å². The lowest BCUT2D eigenvalue weighted by atomic mass is 9.99. The summed E-state index contributed by atoms with van der Waals surface area (Å²) in [6.45, 7) is 7.15. The SMILES string of the molecule is CC(C)C(=N)SC(=N)c1ccc(Oc2cc(C(=O)NC3CCN(C4CCOCC4)CC3)c(F)cc2Cn2c(=O)[nH]c3ccccc32)cc1. The number of thioether (sulfide) groups is 1. The highest BCUT2D eigenvalue weighted by Gasteiger charge is 2.28. The summed E-state index contributed by atoms with van der Waals surface area (Å²) in [5, 5.41) is 20.2. The number of halogens is 1. The van der Waals surface area contributed by atoms with Gasteiger partial charge in [0.2, 0.25) is 0 Å². The number of aromatic amines is 1. The number of carbonyl (C=O) groups is 1. The Morgan fingerprint density at radius 1 is 1.06 bits per heavy atom. The number of para-hydroxylation sites is 2. The van der Waals surface area contributed by atoms with E-state index in [0.717, 1.165) is 63.7 Å². The van der Waals surface area contributed by atoms with Gasteiger partial charge in [-0.1, -0.05) is 37.7 Å². The molecule has 2 fully saturated rings. The van der Waals surface area contributed by atoms with Crippen LogP contribution in [0.5, 0.6) is 11.5 Å². The van der Waals surface area contributed by atoms with E-state index in [9.17, 15) is 9.59 Å². The van der Waals surface area contributed by atoms with E-state index in [1.54, 1.807) is 30.3 Å². The molecule has 0 aliphatic carbocycles. The molecule has 2 aliphatic heterocycles. The van der Waals surface area contributed by atoms with Crippen LogP contribution in [-0.4, -0.2) is 68.8 Å². The summed E-state index contributed by atoms with van der Waals surface area (Å²) in [5.74, 6) is -0.522. The number of rotatable bonds is 9. The van der Waals surface area contributed by atoms with E-state index in [1.165, 1.54) is 16.7 Å². The van der Waals surface area contributed by atoms with Crippen molar-refractivity contribution in [1.82, 2.24) is 19.8 Å². The Balaban J connectivity index is 1.23. The van der Waals surface area contributed by atoms with Crippen molar-refractivity contribution >= 4 is 38.8 Å². The van der Waals surface area contributed by atoms with Crippen LogP contribution < -0.4 is 15.7 Å². The minimum Gasteiger partial charge on any atom is -0.457 e. The topological polar surface area (TPSA) is 136 Å². The summed E-state index contributed by atoms with van der Waals surface area (Å²) < 4.78 is 29.0. The summed E-state index contributed by atoms with van der Waals surface area (Å²) in [5.41, 5.74) is 1.86. The number of piperidine rings is 1. The van der Waals surface area contributed by atoms with Gasteiger partial charge in [-0.05, 0) is 74.2 Å². The van der Waals surface area contributed by atoms with E-state index >= 15 is 4.39 Å². The van der Waals surface area contributed by atoms with Crippen LogP contribution in [0.4, 0.5) is 4.39 Å². The lowest BCUT2D eigenvalue weighted by Gasteiger charge is -2.39. The average molecular weight is 673 g/mol. The largest absolute Gasteiger partial charge is 0.457 e. The summed E-state index contributed by atoms with van der Waals surface area (Å²) in [4.78, 5) is 31.7. The van der Waals surface area contributed by atoms with E-state index < -0.39 is 11.7 Å². The van der Waals surface area contributed by atoms with Crippen molar-refractivity contribution in [1.29, 1.82) is 10.8 Å². The van der Waals surface area contributed by atoms with Crippen molar-refractivity contribution in [3.05, 3.63) is 93.7 Å². The van der Waals surface area contributed by atoms with Crippen LogP contribution in [0.1, 0.15) is 61.0 Å². The highest BCUT2D eigenvalue weighted by molar-refractivity contribution is 8.26. The third-order valence-corrected chi connectivity index (χ3v) is 10.2. The van der Waals surface area contributed by atoms with Crippen molar-refractivity contribution in [2.75, 3.05) is 26.3 Å². The van der Waals surface area contributed by atoms with E-state index in [1.807, 2.05) is 32.0 Å². The molecule has 2 aliphatic rings. The lowest BCUT2D eigenvalue weighted by molar-refractivity contribution is 0.0238. The van der Waals surface area contributed by atoms with Gasteiger partial charge in [-0.2, -0.15) is 0 Å². The molecule has 48 heavy (non-hydrogen) atoms. The monoisotopic (exact) mass is 672 g/mol. The van der Waals surface area contributed by atoms with E-state index in [4.69, 9.17) is 20.3 Å². The van der Waals surface area contributed by atoms with Crippen molar-refractivity contribution in [2.45, 2.75) is 58.2 Å². The normalized spacial score (nSPS) is 16.3. The smallest absolute Gasteiger partial charge is 0.326 e. The standard InChI is InChI=1S/C36H41FN6O4S/c1-22(2)33(38)48-34(39)23-7-9-27(10-8-23)47-32-20-28(35(44)40-25-11-15-42(16-12-25)26-13-17-46-18-14-26)29(37)19-24(32)21-43-31-6-4-3-5-30(31)41-36(43)45/h3-10,19-20,22,25-26,38-39H,11-18,21H2,1-2H3,(H,40,44)(H,41,45). The molecule has 10 nitrogen and oxygen atoms in total. The van der Waals surface area contributed by atoms with Gasteiger partial charge in [0.05, 0.1) is 28.2 Å². The molecule has 3 heterocycles. The zero-order valence-electron chi connectivity index (χ0n) is 27.2. The summed E-state index contributed by atoms with van der Waals surface area (Å²) >= 11 is 1.10. The van der Waals surface area contributed by atoms with E-state index in [0.29, 0.717) is 39.0 Å². The number of imidazole rings is 1. The molecule has 0 radical (unpaired) electrons. The van der Waals surface area contributed by atoms with Crippen LogP contribution in [0, 0.1) is 22.6 Å². The number of nitrogens with one attached hydrogen (secondary N) is 4. The van der Waals surface area contributed by atoms with Gasteiger partial charge in [-0.15, -0.1) is 0 Å². The van der Waals surface area contributed by atoms with Crippen LogP contribution in [0.2, 0.25) is 0 Å². The first-order valence-corrected chi connectivity index (χ1v) is 17.2. The van der Waals surface area contributed by atoms with Gasteiger partial charge < -0.3 is 24.7 Å². The van der Waals surface area contributed by atoms with Crippen molar-refractivity contribution < 1.29 is 18.7 Å². The second-order valence-electron chi connectivity index (χ2n) is 12.7. The number of ether oxygens (including phenoxy) is 2. The molecule has 0 bridgehead atoms. The fourth-order valence-electron chi connectivity index (χ4n) is 6.23. The molecule has 0 spiro atoms. The molecule has 252 valence electrons. The van der Waals surface area contributed by atoms with Crippen molar-refractivity contribution in [3.63, 3.8) is 0 Å². The maximum absolute atomic E-state index is 15.7. The molecule has 1 amide bonds. The van der Waals surface area contributed by atoms with Crippen LogP contribution in [0.3, 0.4) is 0 Å². The molecule has 4 aromatic rings. The summed E-state index contributed by atoms with van der Waals surface area (Å²) in [6.07, 6.45) is 3.61. The fourth-order valence-corrected chi connectivity index (χ4v) is 6.94. The molecular formula is C36H41FN6O4S. The minimum atomic E-state index is -0.698. The molecular weight excluding hydrogens is 631 g/mol. The van der Waals surface area contributed by atoms with Crippen molar-refractivity contribution in [2.24, 2.45) is 5.92 Å². The third kappa shape index (κ3) is 7.72. The molecule has 0 saturated carbocycles. The Kier molecular flexibility index (Phi) is 10.4. The molecule has 3 aromatic carbocycles. The number of H-pyrrole nitrogens is 1. The highest BCUT2D eigenvalue weighted by Crippen LogP contribution is 2.31. The Bertz CT molecular complexity index is 1860. The number of benzene rings is 3. The third-order valence-electron chi connectivity index (χ3n) is 9.06. The predicted molar refractivity (Wildman–Crippen MR) is 187 cm³/mol. The molecule has 2 saturated heterocycles. The van der Waals surface area contributed by atoms with Crippen LogP contribution in [-0.2, 0) is 11.3 Å². The van der Waals surface area contributed by atoms with Gasteiger partial charge in [0.1, 0.15) is 22.4 Å². The number of carbonyl (C=O) groups excluding carboxylic acids is 1. The van der Waals surface area contributed by atoms with Gasteiger partial charge in [-0.3, -0.25) is 20.2 Å². The van der Waals surface area contributed by atoms with Gasteiger partial charge in [0, 0.05) is 55.4 Å². The highest BCUT2D eigenvalue weighted by atomic mass is 32.2. The summed E-state index contributed by atoms with van der Waals surface area (Å²) in [7, 11) is 0. The predicted octanol–water partition coefficient (Wildman–Crippen LogP) is 6.37. The zero-order chi connectivity index (χ0) is 33.8. The van der Waals surface area contributed by atoms with Crippen LogP contribution in [0.15, 0.2) is 65.5 Å². The first kappa shape index (κ1) is 33.6. The zero-order valence-corrected chi connectivity index (χ0v) is 28.0. The van der Waals surface area contributed by atoms with E-state index in [-0.39, 0.29) is 40.6 Å².